The van der Waals surface area contributed by atoms with E-state index < -0.39 is 6.10 Å². The number of hydrogen-bond acceptors (Lipinski definition) is 3. The van der Waals surface area contributed by atoms with Crippen molar-refractivity contribution < 1.29 is 9.84 Å². The Kier molecular flexibility index (Phi) is 7.00. The minimum absolute atomic E-state index is 0.0558. The molecule has 2 rings (SSSR count). The highest BCUT2D eigenvalue weighted by Crippen LogP contribution is 2.19. The molecule has 1 radical (unpaired) electrons. The fourth-order valence-corrected chi connectivity index (χ4v) is 2.80. The molecule has 0 heterocycles. The van der Waals surface area contributed by atoms with E-state index in [0.29, 0.717) is 13.2 Å². The number of nitrogens with one attached hydrogen (secondary N) is 1. The van der Waals surface area contributed by atoms with Crippen LogP contribution in [0.2, 0.25) is 0 Å². The van der Waals surface area contributed by atoms with E-state index in [9.17, 15) is 5.11 Å². The number of rotatable bonds is 9. The van der Waals surface area contributed by atoms with Gasteiger partial charge in [-0.05, 0) is 56.4 Å². The van der Waals surface area contributed by atoms with Crippen molar-refractivity contribution in [3.63, 3.8) is 0 Å². The summed E-state index contributed by atoms with van der Waals surface area (Å²) in [5.41, 5.74) is 1.19. The fourth-order valence-electron chi connectivity index (χ4n) is 2.80. The summed E-state index contributed by atoms with van der Waals surface area (Å²) in [5, 5.41) is 16.1. The number of ether oxygens (including phenoxy) is 1. The van der Waals surface area contributed by atoms with Crippen molar-refractivity contribution in [1.29, 1.82) is 0 Å². The van der Waals surface area contributed by atoms with Crippen LogP contribution < -0.4 is 5.32 Å². The third-order valence-electron chi connectivity index (χ3n) is 4.63. The summed E-state index contributed by atoms with van der Waals surface area (Å²) >= 11 is 0. The smallest absolute Gasteiger partial charge is 0.0898 e. The first-order valence-electron chi connectivity index (χ1n) is 9.12. The summed E-state index contributed by atoms with van der Waals surface area (Å²) in [7, 11) is 0. The van der Waals surface area contributed by atoms with Crippen LogP contribution in [0.4, 0.5) is 0 Å². The number of aliphatic hydroxyl groups is 1. The van der Waals surface area contributed by atoms with Gasteiger partial charge in [0, 0.05) is 12.1 Å². The quantitative estimate of drug-likeness (QED) is 0.724. The summed E-state index contributed by atoms with van der Waals surface area (Å²) in [5.74, 6) is 0.213. The topological polar surface area (TPSA) is 41.5 Å². The van der Waals surface area contributed by atoms with Gasteiger partial charge in [-0.15, -0.1) is 0 Å². The molecule has 0 aliphatic rings. The minimum atomic E-state index is -0.517. The molecule has 0 spiro atoms. The van der Waals surface area contributed by atoms with E-state index in [1.165, 1.54) is 16.3 Å². The molecule has 0 bridgehead atoms. The van der Waals surface area contributed by atoms with E-state index in [1.807, 2.05) is 13.8 Å². The molecule has 25 heavy (non-hydrogen) atoms. The first kappa shape index (κ1) is 19.9. The summed E-state index contributed by atoms with van der Waals surface area (Å²) in [4.78, 5) is 0. The van der Waals surface area contributed by atoms with Crippen molar-refractivity contribution in [2.75, 3.05) is 13.2 Å². The largest absolute Gasteiger partial charge is 0.389 e. The predicted octanol–water partition coefficient (Wildman–Crippen LogP) is 3.99. The summed E-state index contributed by atoms with van der Waals surface area (Å²) in [6.45, 7) is 13.1. The Balaban J connectivity index is 1.85. The van der Waals surface area contributed by atoms with Crippen molar-refractivity contribution >= 4 is 10.8 Å². The van der Waals surface area contributed by atoms with Crippen LogP contribution in [-0.4, -0.2) is 36.0 Å². The molecule has 137 valence electrons. The lowest BCUT2D eigenvalue weighted by atomic mass is 9.93. The Bertz CT molecular complexity index is 666. The highest BCUT2D eigenvalue weighted by Gasteiger charge is 2.20. The van der Waals surface area contributed by atoms with Crippen LogP contribution in [0, 0.1) is 12.8 Å². The van der Waals surface area contributed by atoms with Gasteiger partial charge in [-0.2, -0.15) is 0 Å². The van der Waals surface area contributed by atoms with Crippen LogP contribution >= 0.6 is 0 Å². The number of β-amino-alcohol motifs (C(OH)–C–C–N with tert-alkyl or cyclic N) is 1. The van der Waals surface area contributed by atoms with Gasteiger partial charge in [-0.25, -0.2) is 0 Å². The molecule has 2 unspecified atom stereocenters. The summed E-state index contributed by atoms with van der Waals surface area (Å²) in [6.07, 6.45) is 0.440. The monoisotopic (exact) mass is 342 g/mol. The predicted molar refractivity (Wildman–Crippen MR) is 106 cm³/mol. The molecular weight excluding hydrogens is 310 g/mol. The van der Waals surface area contributed by atoms with Crippen molar-refractivity contribution in [1.82, 2.24) is 5.32 Å². The van der Waals surface area contributed by atoms with Gasteiger partial charge in [-0.1, -0.05) is 49.4 Å². The highest BCUT2D eigenvalue weighted by atomic mass is 16.5. The molecule has 0 saturated carbocycles. The molecule has 3 heteroatoms. The number of benzene rings is 2. The average Bonchev–Trinajstić information content (AvgIpc) is 2.57. The lowest BCUT2D eigenvalue weighted by Gasteiger charge is -2.28. The Labute approximate surface area is 152 Å². The lowest BCUT2D eigenvalue weighted by Crippen LogP contribution is -2.46. The Hall–Kier alpha value is -1.42. The highest BCUT2D eigenvalue weighted by molar-refractivity contribution is 5.83. The SMILES string of the molecule is [CH2]C(C)C(C)OC[C@H](O)CNC(C)(C)Cc1ccc2ccccc2c1. The molecule has 0 aliphatic carbocycles. The lowest BCUT2D eigenvalue weighted by molar-refractivity contribution is -0.0167. The van der Waals surface area contributed by atoms with E-state index in [-0.39, 0.29) is 17.6 Å². The number of hydrogen-bond donors (Lipinski definition) is 2. The van der Waals surface area contributed by atoms with Crippen LogP contribution in [0.15, 0.2) is 42.5 Å². The van der Waals surface area contributed by atoms with Crippen LogP contribution in [0.25, 0.3) is 10.8 Å². The van der Waals surface area contributed by atoms with E-state index in [1.54, 1.807) is 0 Å². The molecule has 0 saturated heterocycles. The van der Waals surface area contributed by atoms with Gasteiger partial charge in [0.2, 0.25) is 0 Å². The van der Waals surface area contributed by atoms with Gasteiger partial charge >= 0.3 is 0 Å². The average molecular weight is 343 g/mol. The number of aliphatic hydroxyl groups excluding tert-OH is 1. The van der Waals surface area contributed by atoms with Crippen LogP contribution in [0.3, 0.4) is 0 Å². The second-order valence-corrected chi connectivity index (χ2v) is 7.79. The van der Waals surface area contributed by atoms with E-state index in [0.717, 1.165) is 6.42 Å². The molecule has 0 fully saturated rings. The van der Waals surface area contributed by atoms with Crippen molar-refractivity contribution in [3.05, 3.63) is 55.0 Å². The summed E-state index contributed by atoms with van der Waals surface area (Å²) < 4.78 is 5.64. The van der Waals surface area contributed by atoms with Crippen molar-refractivity contribution in [2.24, 2.45) is 5.92 Å². The zero-order chi connectivity index (χ0) is 18.4. The van der Waals surface area contributed by atoms with Gasteiger partial charge in [0.05, 0.1) is 18.8 Å². The zero-order valence-electron chi connectivity index (χ0n) is 16.0. The van der Waals surface area contributed by atoms with Crippen LogP contribution in [0.5, 0.6) is 0 Å². The minimum Gasteiger partial charge on any atom is -0.389 e. The van der Waals surface area contributed by atoms with Crippen LogP contribution in [-0.2, 0) is 11.2 Å². The van der Waals surface area contributed by atoms with Crippen molar-refractivity contribution in [3.8, 4) is 0 Å². The third kappa shape index (κ3) is 6.43. The van der Waals surface area contributed by atoms with Crippen molar-refractivity contribution in [2.45, 2.75) is 51.9 Å². The van der Waals surface area contributed by atoms with E-state index >= 15 is 0 Å². The third-order valence-corrected chi connectivity index (χ3v) is 4.63. The van der Waals surface area contributed by atoms with Crippen LogP contribution in [0.1, 0.15) is 33.3 Å². The maximum absolute atomic E-state index is 10.1. The summed E-state index contributed by atoms with van der Waals surface area (Å²) in [6, 6.07) is 15.0. The second kappa shape index (κ2) is 8.79. The molecule has 3 nitrogen and oxygen atoms in total. The van der Waals surface area contributed by atoms with E-state index in [2.05, 4.69) is 68.6 Å². The fraction of sp³-hybridized carbons (Fsp3) is 0.500. The first-order valence-corrected chi connectivity index (χ1v) is 9.12. The zero-order valence-corrected chi connectivity index (χ0v) is 16.0. The molecule has 2 N–H and O–H groups in total. The standard InChI is InChI=1S/C22H32NO2/c1-16(2)17(3)25-15-21(24)14-23-22(4,5)13-18-10-11-19-8-6-7-9-20(19)12-18/h6-12,16-17,21,23-24H,1,13-15H2,2-5H3/t16?,17?,21-/m1/s1. The van der Waals surface area contributed by atoms with Gasteiger partial charge in [-0.3, -0.25) is 0 Å². The van der Waals surface area contributed by atoms with Gasteiger partial charge < -0.3 is 15.2 Å². The maximum Gasteiger partial charge on any atom is 0.0898 e. The molecule has 0 aromatic heterocycles. The molecular formula is C22H32NO2. The molecule has 2 aromatic carbocycles. The molecule has 2 aromatic rings. The molecule has 0 aliphatic heterocycles. The second-order valence-electron chi connectivity index (χ2n) is 7.79. The number of fused-ring (bicyclic) bond motifs is 1. The maximum atomic E-state index is 10.1. The normalized spacial score (nSPS) is 14.8. The molecule has 3 atom stereocenters. The van der Waals surface area contributed by atoms with Gasteiger partial charge in [0.25, 0.3) is 0 Å². The first-order chi connectivity index (χ1) is 11.8. The van der Waals surface area contributed by atoms with E-state index in [4.69, 9.17) is 4.74 Å². The van der Waals surface area contributed by atoms with Gasteiger partial charge in [0.15, 0.2) is 0 Å². The Morgan fingerprint density at radius 2 is 1.80 bits per heavy atom. The molecule has 0 amide bonds. The Morgan fingerprint density at radius 1 is 1.12 bits per heavy atom. The Morgan fingerprint density at radius 3 is 2.48 bits per heavy atom. The van der Waals surface area contributed by atoms with Gasteiger partial charge in [0.1, 0.15) is 0 Å².